The van der Waals surface area contributed by atoms with Crippen LogP contribution in [0.1, 0.15) is 153 Å². The Kier molecular flexibility index (Phi) is 34.8. The number of primary amides is 3. The molecule has 2 heterocycles. The van der Waals surface area contributed by atoms with Crippen LogP contribution < -0.4 is 61.4 Å². The Balaban J connectivity index is 1.56. The van der Waals surface area contributed by atoms with Gasteiger partial charge in [-0.3, -0.25) is 67.3 Å². The lowest BCUT2D eigenvalue weighted by molar-refractivity contribution is -0.144. The summed E-state index contributed by atoms with van der Waals surface area (Å²) in [5.41, 5.74) is 41.0. The fourth-order valence-electron chi connectivity index (χ4n) is 12.0. The fourth-order valence-corrected chi connectivity index (χ4v) is 12.5. The Morgan fingerprint density at radius 3 is 1.72 bits per heavy atom. The number of thioether (sulfide) groups is 1. The van der Waals surface area contributed by atoms with Crippen molar-refractivity contribution >= 4 is 94.0 Å². The molecule has 0 saturated carbocycles. The SMILES string of the molecule is CSCC[C@H](CC(=O)[C@H](CC(C)C)NC(=O)CCC(=O)C(Cc1ccccc1)NC(=O)[C@@H](CC(=O)[C@H](CCC(N)=O)NC(=O)[C@H](CCC(N)=O)CC(=O)[C@@H]1CCCN1C(=O)[C@H](CCCCN)NC(=O)[C@@H]1CCCN1C(=O)[C@@H](N)CCCN=C(N)N)Cc1ccccc1)C(N)=O. The van der Waals surface area contributed by atoms with Crippen LogP contribution in [0.15, 0.2) is 65.7 Å². The first-order valence-corrected chi connectivity index (χ1v) is 34.5. The van der Waals surface area contributed by atoms with Gasteiger partial charge >= 0.3 is 0 Å². The summed E-state index contributed by atoms with van der Waals surface area (Å²) in [5.74, 6) is -10.9. The van der Waals surface area contributed by atoms with Crippen LogP contribution in [0.25, 0.3) is 0 Å². The first kappa shape index (κ1) is 79.3. The standard InChI is InChI=1S/C67H102N14O13S/c1-41(2)35-50(56(84)38-44(61(72)89)29-34-95-3)76-60(88)28-25-54(82)51(37-43-17-8-5-9-18-43)79-63(91)46(36-42-15-6-4-7-16-42)40-55(83)48(24-27-59(71)87)77-62(90)45(23-26-58(70)86)39-57(85)52-21-13-32-80(52)66(94)49(20-10-11-30-68)78-64(92)53-22-14-33-81(53)65(93)47(69)19-12-31-75-67(73)74/h4-9,15-18,41,44-53H,10-14,19-40,68-69H2,1-3H3,(H2,70,86)(H2,71,87)(H2,72,89)(H,76,88)(H,77,90)(H,78,92)(H,79,91)(H4,73,74,75)/t44-,45-,46-,47+,48+,49+,50+,51?,52+,53+/m1/s1. The summed E-state index contributed by atoms with van der Waals surface area (Å²) in [6, 6.07) is 9.80. The van der Waals surface area contributed by atoms with Crippen LogP contribution in [0, 0.1) is 23.7 Å². The third-order valence-electron chi connectivity index (χ3n) is 17.2. The number of hydrogen-bond donors (Lipinski definition) is 11. The van der Waals surface area contributed by atoms with Crippen molar-refractivity contribution in [1.29, 1.82) is 0 Å². The maximum absolute atomic E-state index is 14.8. The zero-order chi connectivity index (χ0) is 70.1. The molecule has 95 heavy (non-hydrogen) atoms. The van der Waals surface area contributed by atoms with Crippen molar-refractivity contribution < 1.29 is 62.3 Å². The number of likely N-dealkylation sites (tertiary alicyclic amines) is 2. The highest BCUT2D eigenvalue weighted by atomic mass is 32.2. The normalized spacial score (nSPS) is 17.0. The maximum atomic E-state index is 14.8. The molecule has 0 spiro atoms. The molecule has 524 valence electrons. The van der Waals surface area contributed by atoms with Crippen LogP contribution in [0.2, 0.25) is 0 Å². The van der Waals surface area contributed by atoms with E-state index in [-0.39, 0.29) is 114 Å². The summed E-state index contributed by atoms with van der Waals surface area (Å²) in [4.78, 5) is 186. The smallest absolute Gasteiger partial charge is 0.245 e. The quantitative estimate of drug-likeness (QED) is 0.0248. The number of nitrogens with two attached hydrogens (primary N) is 7. The van der Waals surface area contributed by atoms with E-state index in [1.54, 1.807) is 60.7 Å². The van der Waals surface area contributed by atoms with Crippen LogP contribution in [-0.2, 0) is 75.2 Å². The number of nitrogens with zero attached hydrogens (tertiary/aromatic N) is 3. The summed E-state index contributed by atoms with van der Waals surface area (Å²) < 4.78 is 0. The maximum Gasteiger partial charge on any atom is 0.245 e. The third kappa shape index (κ3) is 28.0. The summed E-state index contributed by atoms with van der Waals surface area (Å²) in [5, 5.41) is 11.1. The Labute approximate surface area is 561 Å². The van der Waals surface area contributed by atoms with Gasteiger partial charge in [0.15, 0.2) is 29.1 Å². The molecule has 27 nitrogen and oxygen atoms in total. The number of nitrogens with one attached hydrogen (secondary N) is 4. The van der Waals surface area contributed by atoms with Gasteiger partial charge in [0.05, 0.1) is 30.2 Å². The Hall–Kier alpha value is -8.11. The first-order chi connectivity index (χ1) is 45.2. The minimum absolute atomic E-state index is 0.0103. The van der Waals surface area contributed by atoms with Crippen molar-refractivity contribution in [3.05, 3.63) is 71.8 Å². The van der Waals surface area contributed by atoms with E-state index < -0.39 is 150 Å². The highest BCUT2D eigenvalue weighted by molar-refractivity contribution is 7.98. The number of amides is 9. The number of ketones is 4. The van der Waals surface area contributed by atoms with Crippen LogP contribution in [0.4, 0.5) is 0 Å². The van der Waals surface area contributed by atoms with E-state index in [0.717, 1.165) is 0 Å². The molecule has 0 radical (unpaired) electrons. The third-order valence-corrected chi connectivity index (χ3v) is 17.9. The number of hydrogen-bond acceptors (Lipinski definition) is 17. The number of Topliss-reactive ketones (excluding diaryl/α,β-unsaturated/α-hetero) is 4. The van der Waals surface area contributed by atoms with E-state index in [1.807, 2.05) is 20.1 Å². The number of carbonyl (C=O) groups excluding carboxylic acids is 13. The zero-order valence-electron chi connectivity index (χ0n) is 55.3. The molecule has 0 aromatic heterocycles. The number of benzene rings is 2. The largest absolute Gasteiger partial charge is 0.370 e. The summed E-state index contributed by atoms with van der Waals surface area (Å²) >= 11 is 1.51. The van der Waals surface area contributed by atoms with Crippen LogP contribution in [0.5, 0.6) is 0 Å². The lowest BCUT2D eigenvalue weighted by Gasteiger charge is -2.31. The topological polar surface area (TPSA) is 471 Å². The van der Waals surface area contributed by atoms with Crippen molar-refractivity contribution in [2.75, 3.05) is 38.2 Å². The van der Waals surface area contributed by atoms with Crippen LogP contribution in [0.3, 0.4) is 0 Å². The van der Waals surface area contributed by atoms with E-state index in [9.17, 15) is 62.3 Å². The molecule has 2 aromatic carbocycles. The highest BCUT2D eigenvalue weighted by Gasteiger charge is 2.42. The molecule has 2 saturated heterocycles. The lowest BCUT2D eigenvalue weighted by atomic mass is 9.88. The van der Waals surface area contributed by atoms with Gasteiger partial charge in [-0.2, -0.15) is 11.8 Å². The summed E-state index contributed by atoms with van der Waals surface area (Å²) in [6.45, 7) is 4.71. The predicted octanol–water partition coefficient (Wildman–Crippen LogP) is 0.794. The number of guanidine groups is 1. The fraction of sp³-hybridized carbons (Fsp3) is 0.612. The molecule has 18 N–H and O–H groups in total. The van der Waals surface area contributed by atoms with E-state index in [0.29, 0.717) is 68.4 Å². The highest BCUT2D eigenvalue weighted by Crippen LogP contribution is 2.27. The molecule has 2 aliphatic heterocycles. The lowest BCUT2D eigenvalue weighted by Crippen LogP contribution is -2.56. The molecule has 9 amide bonds. The van der Waals surface area contributed by atoms with Crippen molar-refractivity contribution in [2.24, 2.45) is 68.8 Å². The Bertz CT molecular complexity index is 2950. The molecule has 4 rings (SSSR count). The number of unbranched alkanes of at least 4 members (excludes halogenated alkanes) is 1. The Morgan fingerprint density at radius 2 is 1.13 bits per heavy atom. The van der Waals surface area contributed by atoms with E-state index in [4.69, 9.17) is 40.1 Å². The van der Waals surface area contributed by atoms with Crippen molar-refractivity contribution in [2.45, 2.75) is 197 Å². The average molecular weight is 1340 g/mol. The van der Waals surface area contributed by atoms with Gasteiger partial charge in [-0.25, -0.2) is 0 Å². The number of carbonyl (C=O) groups is 13. The predicted molar refractivity (Wildman–Crippen MR) is 360 cm³/mol. The van der Waals surface area contributed by atoms with Gasteiger partial charge in [-0.05, 0) is 132 Å². The van der Waals surface area contributed by atoms with Crippen molar-refractivity contribution in [1.82, 2.24) is 31.1 Å². The number of rotatable bonds is 46. The molecule has 1 unspecified atom stereocenters. The van der Waals surface area contributed by atoms with Gasteiger partial charge in [-0.15, -0.1) is 0 Å². The van der Waals surface area contributed by atoms with Gasteiger partial charge in [0.1, 0.15) is 12.1 Å². The molecule has 2 aromatic rings. The van der Waals surface area contributed by atoms with E-state index in [2.05, 4.69) is 26.3 Å². The minimum atomic E-state index is -1.48. The van der Waals surface area contributed by atoms with Gasteiger partial charge in [-0.1, -0.05) is 74.5 Å². The van der Waals surface area contributed by atoms with E-state index >= 15 is 0 Å². The van der Waals surface area contributed by atoms with Gasteiger partial charge in [0, 0.05) is 82.3 Å². The molecule has 2 fully saturated rings. The van der Waals surface area contributed by atoms with Crippen LogP contribution in [-0.4, -0.2) is 173 Å². The second-order valence-electron chi connectivity index (χ2n) is 25.3. The molecular weight excluding hydrogens is 1240 g/mol. The molecule has 2 aliphatic rings. The second-order valence-corrected chi connectivity index (χ2v) is 26.3. The zero-order valence-corrected chi connectivity index (χ0v) is 56.1. The number of aliphatic imine (C=N–C) groups is 1. The van der Waals surface area contributed by atoms with E-state index in [1.165, 1.54) is 21.6 Å². The molecule has 0 aliphatic carbocycles. The monoisotopic (exact) mass is 1340 g/mol. The summed E-state index contributed by atoms with van der Waals surface area (Å²) in [6.07, 6.45) is 2.37. The molecule has 0 bridgehead atoms. The van der Waals surface area contributed by atoms with Crippen molar-refractivity contribution in [3.8, 4) is 0 Å². The molecule has 10 atom stereocenters. The Morgan fingerprint density at radius 1 is 0.558 bits per heavy atom. The van der Waals surface area contributed by atoms with Gasteiger partial charge in [0.25, 0.3) is 0 Å². The minimum Gasteiger partial charge on any atom is -0.370 e. The van der Waals surface area contributed by atoms with Gasteiger partial charge < -0.3 is 71.2 Å². The second kappa shape index (κ2) is 41.7. The average Bonchev–Trinajstić information content (AvgIpc) is 1.81. The van der Waals surface area contributed by atoms with Crippen molar-refractivity contribution in [3.63, 3.8) is 0 Å². The molecular formula is C67H102N14O13S. The first-order valence-electron chi connectivity index (χ1n) is 33.1. The van der Waals surface area contributed by atoms with Crippen LogP contribution >= 0.6 is 11.8 Å². The molecule has 28 heteroatoms. The van der Waals surface area contributed by atoms with Gasteiger partial charge in [0.2, 0.25) is 53.2 Å². The summed E-state index contributed by atoms with van der Waals surface area (Å²) in [7, 11) is 0.